The second kappa shape index (κ2) is 6.70. The Morgan fingerprint density at radius 2 is 1.77 bits per heavy atom. The molecule has 0 rings (SSSR count). The minimum Gasteiger partial charge on any atom is -0.313 e. The molecule has 0 aliphatic heterocycles. The Morgan fingerprint density at radius 3 is 2.08 bits per heavy atom. The van der Waals surface area contributed by atoms with Crippen LogP contribution >= 0.6 is 39.0 Å². The van der Waals surface area contributed by atoms with Crippen LogP contribution in [0.3, 0.4) is 0 Å². The molecule has 4 nitrogen and oxygen atoms in total. The molecule has 0 bridgehead atoms. The van der Waals surface area contributed by atoms with Crippen LogP contribution in [0, 0.1) is 0 Å². The van der Waals surface area contributed by atoms with E-state index in [0.717, 1.165) is 12.6 Å². The van der Waals surface area contributed by atoms with Gasteiger partial charge in [-0.1, -0.05) is 0 Å². The van der Waals surface area contributed by atoms with E-state index in [9.17, 15) is 4.57 Å². The minimum absolute atomic E-state index is 0. The Bertz CT molecular complexity index is 177. The van der Waals surface area contributed by atoms with Crippen molar-refractivity contribution in [2.75, 3.05) is 32.7 Å². The number of halogens is 1. The fourth-order valence-electron chi connectivity index (χ4n) is 0.778. The van der Waals surface area contributed by atoms with E-state index >= 15 is 0 Å². The normalized spacial score (nSPS) is 12.4. The average Bonchev–Trinajstić information content (AvgIpc) is 1.76. The lowest BCUT2D eigenvalue weighted by molar-refractivity contribution is 0.357. The SMILES string of the molecule is C[P+](C)(C)CCCNP(=O)(O)O.I. The van der Waals surface area contributed by atoms with Gasteiger partial charge >= 0.3 is 7.75 Å². The van der Waals surface area contributed by atoms with Crippen molar-refractivity contribution in [1.82, 2.24) is 5.09 Å². The standard InChI is InChI=1S/C6H17NO3P2.HI/c1-11(2,3)6-4-5-7-12(8,9)10;/h4-6H2,1-3H3,(H2-,7,8,9,10);1H/p+1. The van der Waals surface area contributed by atoms with E-state index < -0.39 is 15.0 Å². The van der Waals surface area contributed by atoms with Crippen molar-refractivity contribution in [3.05, 3.63) is 0 Å². The zero-order valence-corrected chi connectivity index (χ0v) is 12.3. The van der Waals surface area contributed by atoms with Crippen LogP contribution in [0.1, 0.15) is 6.42 Å². The number of hydrogen-bond acceptors (Lipinski definition) is 1. The highest BCUT2D eigenvalue weighted by Crippen LogP contribution is 2.46. The fourth-order valence-corrected chi connectivity index (χ4v) is 2.33. The van der Waals surface area contributed by atoms with Gasteiger partial charge in [-0.2, -0.15) is 0 Å². The monoisotopic (exact) mass is 342 g/mol. The van der Waals surface area contributed by atoms with Crippen LogP contribution in [0.15, 0.2) is 0 Å². The molecular formula is C6H19INO3P2+. The fraction of sp³-hybridized carbons (Fsp3) is 1.00. The Labute approximate surface area is 97.4 Å². The summed E-state index contributed by atoms with van der Waals surface area (Å²) >= 11 is 0. The molecule has 0 aromatic carbocycles. The molecule has 0 saturated carbocycles. The summed E-state index contributed by atoms with van der Waals surface area (Å²) < 4.78 is 10.3. The van der Waals surface area contributed by atoms with Crippen molar-refractivity contribution in [1.29, 1.82) is 0 Å². The van der Waals surface area contributed by atoms with E-state index in [2.05, 4.69) is 25.1 Å². The molecule has 3 N–H and O–H groups in total. The first-order valence-electron chi connectivity index (χ1n) is 3.82. The zero-order chi connectivity index (χ0) is 9.83. The van der Waals surface area contributed by atoms with Crippen LogP contribution in [0.25, 0.3) is 0 Å². The van der Waals surface area contributed by atoms with Gasteiger partial charge in [-0.3, -0.25) is 0 Å². The summed E-state index contributed by atoms with van der Waals surface area (Å²) in [5.41, 5.74) is 0. The summed E-state index contributed by atoms with van der Waals surface area (Å²) in [6, 6.07) is 0. The Morgan fingerprint density at radius 1 is 1.31 bits per heavy atom. The van der Waals surface area contributed by atoms with Crippen LogP contribution in [-0.2, 0) is 4.57 Å². The summed E-state index contributed by atoms with van der Waals surface area (Å²) in [5, 5.41) is 2.18. The second-order valence-electron chi connectivity index (χ2n) is 3.82. The molecule has 7 heteroatoms. The molecule has 0 aromatic heterocycles. The Kier molecular flexibility index (Phi) is 8.60. The molecule has 13 heavy (non-hydrogen) atoms. The van der Waals surface area contributed by atoms with Crippen molar-refractivity contribution in [3.63, 3.8) is 0 Å². The summed E-state index contributed by atoms with van der Waals surface area (Å²) in [7, 11) is -4.78. The van der Waals surface area contributed by atoms with Crippen LogP contribution < -0.4 is 5.09 Å². The third kappa shape index (κ3) is 16.0. The largest absolute Gasteiger partial charge is 0.400 e. The molecule has 0 spiro atoms. The van der Waals surface area contributed by atoms with Crippen LogP contribution in [0.4, 0.5) is 0 Å². The van der Waals surface area contributed by atoms with Crippen molar-refractivity contribution >= 4 is 39.0 Å². The average molecular weight is 342 g/mol. The molecule has 0 fully saturated rings. The van der Waals surface area contributed by atoms with E-state index in [-0.39, 0.29) is 24.0 Å². The van der Waals surface area contributed by atoms with Gasteiger partial charge in [-0.05, 0) is 6.42 Å². The molecule has 0 saturated heterocycles. The van der Waals surface area contributed by atoms with Gasteiger partial charge in [0, 0.05) is 33.8 Å². The molecule has 0 aromatic rings. The third-order valence-corrected chi connectivity index (χ3v) is 3.62. The maximum Gasteiger partial charge on any atom is 0.400 e. The predicted molar refractivity (Wildman–Crippen MR) is 69.6 cm³/mol. The Hall–Kier alpha value is 1.27. The van der Waals surface area contributed by atoms with Gasteiger partial charge in [0.25, 0.3) is 0 Å². The highest BCUT2D eigenvalue weighted by Gasteiger charge is 2.17. The van der Waals surface area contributed by atoms with Crippen molar-refractivity contribution in [3.8, 4) is 0 Å². The van der Waals surface area contributed by atoms with E-state index in [0.29, 0.717) is 6.54 Å². The topological polar surface area (TPSA) is 69.6 Å². The summed E-state index contributed by atoms with van der Waals surface area (Å²) in [5.74, 6) is 0. The first-order valence-corrected chi connectivity index (χ1v) is 8.75. The molecule has 82 valence electrons. The summed E-state index contributed by atoms with van der Waals surface area (Å²) in [4.78, 5) is 16.9. The van der Waals surface area contributed by atoms with Crippen LogP contribution in [0.2, 0.25) is 0 Å². The smallest absolute Gasteiger partial charge is 0.313 e. The quantitative estimate of drug-likeness (QED) is 0.403. The van der Waals surface area contributed by atoms with Crippen molar-refractivity contribution < 1.29 is 14.4 Å². The van der Waals surface area contributed by atoms with E-state index in [1.54, 1.807) is 0 Å². The highest BCUT2D eigenvalue weighted by atomic mass is 127. The molecule has 0 radical (unpaired) electrons. The lowest BCUT2D eigenvalue weighted by Gasteiger charge is -2.11. The van der Waals surface area contributed by atoms with Crippen molar-refractivity contribution in [2.45, 2.75) is 6.42 Å². The lowest BCUT2D eigenvalue weighted by atomic mass is 10.5. The van der Waals surface area contributed by atoms with E-state index in [4.69, 9.17) is 9.79 Å². The molecular weight excluding hydrogens is 323 g/mol. The van der Waals surface area contributed by atoms with Crippen molar-refractivity contribution in [2.24, 2.45) is 0 Å². The molecule has 0 aliphatic carbocycles. The van der Waals surface area contributed by atoms with E-state index in [1.807, 2.05) is 0 Å². The molecule has 0 atom stereocenters. The molecule has 0 amide bonds. The van der Waals surface area contributed by atoms with E-state index in [1.165, 1.54) is 0 Å². The van der Waals surface area contributed by atoms with Gasteiger partial charge < -0.3 is 9.79 Å². The molecule has 0 unspecified atom stereocenters. The molecule has 0 aliphatic rings. The van der Waals surface area contributed by atoms with Gasteiger partial charge in [0.2, 0.25) is 0 Å². The Balaban J connectivity index is 0. The lowest BCUT2D eigenvalue weighted by Crippen LogP contribution is -2.13. The number of rotatable bonds is 5. The second-order valence-corrected chi connectivity index (χ2v) is 10.3. The summed E-state index contributed by atoms with van der Waals surface area (Å²) in [6.45, 7) is 7.04. The predicted octanol–water partition coefficient (Wildman–Crippen LogP) is 1.58. The first-order chi connectivity index (χ1) is 5.21. The number of hydrogen-bond donors (Lipinski definition) is 3. The zero-order valence-electron chi connectivity index (χ0n) is 8.23. The van der Waals surface area contributed by atoms with Crippen LogP contribution in [-0.4, -0.2) is 42.5 Å². The third-order valence-electron chi connectivity index (χ3n) is 1.32. The van der Waals surface area contributed by atoms with Gasteiger partial charge in [0.15, 0.2) is 0 Å². The van der Waals surface area contributed by atoms with Crippen LogP contribution in [0.5, 0.6) is 0 Å². The molecule has 0 heterocycles. The van der Waals surface area contributed by atoms with Gasteiger partial charge in [-0.15, -0.1) is 24.0 Å². The summed E-state index contributed by atoms with van der Waals surface area (Å²) in [6.07, 6.45) is 1.91. The maximum atomic E-state index is 10.3. The highest BCUT2D eigenvalue weighted by molar-refractivity contribution is 14.0. The minimum atomic E-state index is -3.99. The van der Waals surface area contributed by atoms with Gasteiger partial charge in [-0.25, -0.2) is 9.65 Å². The maximum absolute atomic E-state index is 10.3. The first kappa shape index (κ1) is 16.7. The van der Waals surface area contributed by atoms with Gasteiger partial charge in [0.1, 0.15) is 0 Å². The van der Waals surface area contributed by atoms with Gasteiger partial charge in [0.05, 0.1) is 6.16 Å². The number of nitrogens with one attached hydrogen (secondary N) is 1.